The Morgan fingerprint density at radius 3 is 2.62 bits per heavy atom. The fourth-order valence-electron chi connectivity index (χ4n) is 1.21. The van der Waals surface area contributed by atoms with Gasteiger partial charge in [0.25, 0.3) is 0 Å². The van der Waals surface area contributed by atoms with Gasteiger partial charge in [-0.25, -0.2) is 0 Å². The van der Waals surface area contributed by atoms with Crippen LogP contribution in [0.25, 0.3) is 10.9 Å². The first-order chi connectivity index (χ1) is 6.18. The van der Waals surface area contributed by atoms with Gasteiger partial charge in [0, 0.05) is 11.5 Å². The smallest absolute Gasteiger partial charge is 0.159 e. The number of hydrogen-bond donors (Lipinski definition) is 2. The van der Waals surface area contributed by atoms with E-state index in [-0.39, 0.29) is 11.5 Å². The second kappa shape index (κ2) is 2.58. The zero-order chi connectivity index (χ0) is 9.42. The Labute approximate surface area is 74.5 Å². The standard InChI is InChI=1S/C9H8N2O2/c1-5-4-10-11-7-3-9(13)8(12)2-6(5)7/h2-4,12-13H,1H3. The molecule has 0 amide bonds. The number of fused-ring (bicyclic) bond motifs is 1. The molecule has 1 aromatic heterocycles. The van der Waals surface area contributed by atoms with Gasteiger partial charge in [0.2, 0.25) is 0 Å². The van der Waals surface area contributed by atoms with Crippen LogP contribution in [0.4, 0.5) is 0 Å². The molecule has 4 nitrogen and oxygen atoms in total. The van der Waals surface area contributed by atoms with E-state index in [1.807, 2.05) is 6.92 Å². The molecule has 0 atom stereocenters. The van der Waals surface area contributed by atoms with Gasteiger partial charge in [0.05, 0.1) is 11.7 Å². The molecule has 0 saturated carbocycles. The lowest BCUT2D eigenvalue weighted by Gasteiger charge is -2.02. The molecule has 1 aromatic carbocycles. The van der Waals surface area contributed by atoms with Crippen LogP contribution >= 0.6 is 0 Å². The number of phenols is 2. The van der Waals surface area contributed by atoms with Crippen molar-refractivity contribution in [3.63, 3.8) is 0 Å². The van der Waals surface area contributed by atoms with E-state index in [9.17, 15) is 10.2 Å². The van der Waals surface area contributed by atoms with Crippen molar-refractivity contribution in [2.45, 2.75) is 6.92 Å². The van der Waals surface area contributed by atoms with Crippen LogP contribution < -0.4 is 0 Å². The monoisotopic (exact) mass is 176 g/mol. The summed E-state index contributed by atoms with van der Waals surface area (Å²) in [6, 6.07) is 2.87. The molecule has 2 N–H and O–H groups in total. The molecule has 0 unspecified atom stereocenters. The molecule has 2 aromatic rings. The minimum atomic E-state index is -0.174. The van der Waals surface area contributed by atoms with Gasteiger partial charge in [-0.3, -0.25) is 0 Å². The van der Waals surface area contributed by atoms with Crippen molar-refractivity contribution in [3.05, 3.63) is 23.9 Å². The molecule has 0 aliphatic heterocycles. The molecular formula is C9H8N2O2. The molecule has 0 bridgehead atoms. The fourth-order valence-corrected chi connectivity index (χ4v) is 1.21. The van der Waals surface area contributed by atoms with Crippen molar-refractivity contribution in [2.75, 3.05) is 0 Å². The largest absolute Gasteiger partial charge is 0.504 e. The maximum atomic E-state index is 9.24. The number of aryl methyl sites for hydroxylation is 1. The van der Waals surface area contributed by atoms with Crippen LogP contribution in [0.3, 0.4) is 0 Å². The number of hydrogen-bond acceptors (Lipinski definition) is 4. The first-order valence-electron chi connectivity index (χ1n) is 3.82. The molecule has 13 heavy (non-hydrogen) atoms. The van der Waals surface area contributed by atoms with E-state index < -0.39 is 0 Å². The second-order valence-electron chi connectivity index (χ2n) is 2.89. The maximum Gasteiger partial charge on any atom is 0.159 e. The molecular weight excluding hydrogens is 168 g/mol. The third-order valence-electron chi connectivity index (χ3n) is 1.93. The highest BCUT2D eigenvalue weighted by Gasteiger charge is 2.04. The number of benzene rings is 1. The van der Waals surface area contributed by atoms with E-state index in [1.165, 1.54) is 12.1 Å². The zero-order valence-corrected chi connectivity index (χ0v) is 7.02. The van der Waals surface area contributed by atoms with Gasteiger partial charge in [-0.2, -0.15) is 10.2 Å². The first kappa shape index (κ1) is 7.79. The third-order valence-corrected chi connectivity index (χ3v) is 1.93. The van der Waals surface area contributed by atoms with Crippen molar-refractivity contribution in [1.82, 2.24) is 10.2 Å². The van der Waals surface area contributed by atoms with Gasteiger partial charge in [-0.05, 0) is 18.6 Å². The van der Waals surface area contributed by atoms with Gasteiger partial charge in [0.15, 0.2) is 11.5 Å². The average molecular weight is 176 g/mol. The van der Waals surface area contributed by atoms with Crippen LogP contribution in [-0.4, -0.2) is 20.4 Å². The van der Waals surface area contributed by atoms with Crippen molar-refractivity contribution in [3.8, 4) is 11.5 Å². The normalized spacial score (nSPS) is 10.5. The lowest BCUT2D eigenvalue weighted by Crippen LogP contribution is -1.86. The fraction of sp³-hybridized carbons (Fsp3) is 0.111. The summed E-state index contributed by atoms with van der Waals surface area (Å²) in [6.45, 7) is 1.87. The Hall–Kier alpha value is -1.84. The van der Waals surface area contributed by atoms with E-state index in [0.717, 1.165) is 10.9 Å². The van der Waals surface area contributed by atoms with Crippen LogP contribution in [0.15, 0.2) is 18.3 Å². The Balaban J connectivity index is 2.89. The molecule has 2 rings (SSSR count). The van der Waals surface area contributed by atoms with E-state index >= 15 is 0 Å². The maximum absolute atomic E-state index is 9.24. The molecule has 0 spiro atoms. The van der Waals surface area contributed by atoms with Crippen molar-refractivity contribution in [2.24, 2.45) is 0 Å². The molecule has 4 heteroatoms. The highest BCUT2D eigenvalue weighted by atomic mass is 16.3. The second-order valence-corrected chi connectivity index (χ2v) is 2.89. The molecule has 1 heterocycles. The number of rotatable bonds is 0. The van der Waals surface area contributed by atoms with Gasteiger partial charge in [0.1, 0.15) is 0 Å². The van der Waals surface area contributed by atoms with Gasteiger partial charge >= 0.3 is 0 Å². The Morgan fingerprint density at radius 2 is 1.85 bits per heavy atom. The quantitative estimate of drug-likeness (QED) is 0.594. The lowest BCUT2D eigenvalue weighted by molar-refractivity contribution is 0.404. The van der Waals surface area contributed by atoms with E-state index in [0.29, 0.717) is 5.52 Å². The zero-order valence-electron chi connectivity index (χ0n) is 7.02. The summed E-state index contributed by atoms with van der Waals surface area (Å²) in [5, 5.41) is 26.8. The highest BCUT2D eigenvalue weighted by molar-refractivity contribution is 5.84. The molecule has 0 aliphatic rings. The van der Waals surface area contributed by atoms with E-state index in [1.54, 1.807) is 6.20 Å². The molecule has 66 valence electrons. The summed E-state index contributed by atoms with van der Waals surface area (Å²) in [4.78, 5) is 0. The van der Waals surface area contributed by atoms with Crippen LogP contribution in [0, 0.1) is 6.92 Å². The summed E-state index contributed by atoms with van der Waals surface area (Å²) in [5.41, 5.74) is 1.50. The number of aromatic nitrogens is 2. The van der Waals surface area contributed by atoms with E-state index in [4.69, 9.17) is 0 Å². The van der Waals surface area contributed by atoms with Crippen molar-refractivity contribution < 1.29 is 10.2 Å². The Kier molecular flexibility index (Phi) is 1.55. The SMILES string of the molecule is Cc1cnnc2cc(O)c(O)cc12. The first-order valence-corrected chi connectivity index (χ1v) is 3.82. The summed E-state index contributed by atoms with van der Waals surface area (Å²) < 4.78 is 0. The van der Waals surface area contributed by atoms with Gasteiger partial charge < -0.3 is 10.2 Å². The molecule has 0 aliphatic carbocycles. The minimum Gasteiger partial charge on any atom is -0.504 e. The van der Waals surface area contributed by atoms with Crippen LogP contribution in [0.5, 0.6) is 11.5 Å². The summed E-state index contributed by atoms with van der Waals surface area (Å²) >= 11 is 0. The van der Waals surface area contributed by atoms with Crippen LogP contribution in [0.2, 0.25) is 0 Å². The van der Waals surface area contributed by atoms with Crippen molar-refractivity contribution >= 4 is 10.9 Å². The predicted molar refractivity (Wildman–Crippen MR) is 47.6 cm³/mol. The Bertz CT molecular complexity index is 468. The summed E-state index contributed by atoms with van der Waals surface area (Å²) in [7, 11) is 0. The minimum absolute atomic E-state index is 0.136. The van der Waals surface area contributed by atoms with Gasteiger partial charge in [-0.15, -0.1) is 0 Å². The highest BCUT2D eigenvalue weighted by Crippen LogP contribution is 2.29. The van der Waals surface area contributed by atoms with Gasteiger partial charge in [-0.1, -0.05) is 0 Å². The van der Waals surface area contributed by atoms with Crippen molar-refractivity contribution in [1.29, 1.82) is 0 Å². The summed E-state index contributed by atoms with van der Waals surface area (Å²) in [6.07, 6.45) is 1.61. The van der Waals surface area contributed by atoms with Crippen LogP contribution in [0.1, 0.15) is 5.56 Å². The predicted octanol–water partition coefficient (Wildman–Crippen LogP) is 1.35. The molecule has 0 radical (unpaired) electrons. The van der Waals surface area contributed by atoms with Crippen LogP contribution in [-0.2, 0) is 0 Å². The Morgan fingerprint density at radius 1 is 1.15 bits per heavy atom. The number of nitrogens with zero attached hydrogens (tertiary/aromatic N) is 2. The average Bonchev–Trinajstić information content (AvgIpc) is 2.09. The molecule has 0 saturated heterocycles. The number of phenolic OH excluding ortho intramolecular Hbond substituents is 2. The third kappa shape index (κ3) is 1.16. The van der Waals surface area contributed by atoms with E-state index in [2.05, 4.69) is 10.2 Å². The lowest BCUT2D eigenvalue weighted by atomic mass is 10.1. The number of aromatic hydroxyl groups is 2. The topological polar surface area (TPSA) is 66.2 Å². The molecule has 0 fully saturated rings. The summed E-state index contributed by atoms with van der Waals surface area (Å²) in [5.74, 6) is -0.309.